The smallest absolute Gasteiger partial charge is 0.0873 e. The monoisotopic (exact) mass is 255 g/mol. The van der Waals surface area contributed by atoms with Gasteiger partial charge in [-0.3, -0.25) is 0 Å². The Hall–Kier alpha value is -1.64. The average molecular weight is 255 g/mol. The Bertz CT molecular complexity index is 533. The Labute approximate surface area is 114 Å². The first-order valence-electron chi connectivity index (χ1n) is 6.63. The fraction of sp³-hybridized carbons (Fsp3) is 0.294. The molecule has 2 rings (SSSR count). The highest BCUT2D eigenvalue weighted by molar-refractivity contribution is 5.33. The van der Waals surface area contributed by atoms with Crippen LogP contribution in [0.2, 0.25) is 0 Å². The van der Waals surface area contributed by atoms with Crippen molar-refractivity contribution in [1.82, 2.24) is 0 Å². The lowest BCUT2D eigenvalue weighted by atomic mass is 9.87. The minimum absolute atomic E-state index is 0.0679. The number of hydrogen-bond donors (Lipinski definition) is 2. The molecule has 2 unspecified atom stereocenters. The van der Waals surface area contributed by atoms with Crippen molar-refractivity contribution in [2.45, 2.75) is 25.9 Å². The summed E-state index contributed by atoms with van der Waals surface area (Å²) in [5.41, 5.74) is 10.2. The number of aryl methyl sites for hydroxylation is 2. The van der Waals surface area contributed by atoms with Gasteiger partial charge in [0.15, 0.2) is 0 Å². The molecule has 0 aliphatic carbocycles. The lowest BCUT2D eigenvalue weighted by molar-refractivity contribution is 0.147. The van der Waals surface area contributed by atoms with Gasteiger partial charge >= 0.3 is 0 Å². The standard InChI is InChI=1S/C17H21NO/c1-12-7-9-14(10-8-12)16(11-18)17(19)15-6-4-3-5-13(15)2/h3-10,16-17,19H,11,18H2,1-2H3. The number of nitrogens with two attached hydrogens (primary N) is 1. The van der Waals surface area contributed by atoms with Gasteiger partial charge in [0.1, 0.15) is 0 Å². The van der Waals surface area contributed by atoms with Crippen LogP contribution < -0.4 is 5.73 Å². The van der Waals surface area contributed by atoms with Crippen molar-refractivity contribution in [3.8, 4) is 0 Å². The number of hydrogen-bond acceptors (Lipinski definition) is 2. The zero-order chi connectivity index (χ0) is 13.8. The second-order valence-corrected chi connectivity index (χ2v) is 5.05. The molecule has 3 N–H and O–H groups in total. The first-order valence-corrected chi connectivity index (χ1v) is 6.63. The molecule has 2 aromatic rings. The molecule has 0 saturated carbocycles. The summed E-state index contributed by atoms with van der Waals surface area (Å²) in [5.74, 6) is -0.0679. The quantitative estimate of drug-likeness (QED) is 0.882. The molecular formula is C17H21NO. The van der Waals surface area contributed by atoms with Gasteiger partial charge < -0.3 is 10.8 Å². The number of benzene rings is 2. The molecule has 0 aliphatic rings. The number of aliphatic hydroxyl groups is 1. The van der Waals surface area contributed by atoms with E-state index in [1.165, 1.54) is 5.56 Å². The Morgan fingerprint density at radius 1 is 1.00 bits per heavy atom. The molecule has 0 aliphatic heterocycles. The van der Waals surface area contributed by atoms with Crippen LogP contribution in [0, 0.1) is 13.8 Å². The predicted octanol–water partition coefficient (Wildman–Crippen LogP) is 3.08. The van der Waals surface area contributed by atoms with E-state index in [0.29, 0.717) is 6.54 Å². The van der Waals surface area contributed by atoms with E-state index >= 15 is 0 Å². The van der Waals surface area contributed by atoms with Crippen molar-refractivity contribution in [2.24, 2.45) is 5.73 Å². The van der Waals surface area contributed by atoms with Gasteiger partial charge in [0.25, 0.3) is 0 Å². The third-order valence-electron chi connectivity index (χ3n) is 3.65. The first-order chi connectivity index (χ1) is 9.13. The molecule has 0 saturated heterocycles. The molecule has 2 aromatic carbocycles. The SMILES string of the molecule is Cc1ccc(C(CN)C(O)c2ccccc2C)cc1. The van der Waals surface area contributed by atoms with Gasteiger partial charge in [-0.1, -0.05) is 54.1 Å². The summed E-state index contributed by atoms with van der Waals surface area (Å²) in [5, 5.41) is 10.6. The normalized spacial score (nSPS) is 14.1. The Morgan fingerprint density at radius 3 is 2.21 bits per heavy atom. The molecule has 0 aromatic heterocycles. The zero-order valence-electron chi connectivity index (χ0n) is 11.5. The summed E-state index contributed by atoms with van der Waals surface area (Å²) in [6, 6.07) is 16.1. The molecule has 2 atom stereocenters. The molecule has 0 heterocycles. The average Bonchev–Trinajstić information content (AvgIpc) is 2.42. The van der Waals surface area contributed by atoms with Crippen LogP contribution in [0.3, 0.4) is 0 Å². The molecule has 2 nitrogen and oxygen atoms in total. The van der Waals surface area contributed by atoms with Gasteiger partial charge in [-0.15, -0.1) is 0 Å². The van der Waals surface area contributed by atoms with Crippen LogP contribution in [-0.4, -0.2) is 11.7 Å². The van der Waals surface area contributed by atoms with E-state index < -0.39 is 6.10 Å². The van der Waals surface area contributed by atoms with E-state index in [2.05, 4.69) is 19.1 Å². The van der Waals surface area contributed by atoms with Gasteiger partial charge in [-0.2, -0.15) is 0 Å². The lowest BCUT2D eigenvalue weighted by Crippen LogP contribution is -2.20. The summed E-state index contributed by atoms with van der Waals surface area (Å²) >= 11 is 0. The largest absolute Gasteiger partial charge is 0.388 e. The summed E-state index contributed by atoms with van der Waals surface area (Å²) in [4.78, 5) is 0. The van der Waals surface area contributed by atoms with Crippen LogP contribution in [0.25, 0.3) is 0 Å². The van der Waals surface area contributed by atoms with Crippen LogP contribution in [0.1, 0.15) is 34.3 Å². The Morgan fingerprint density at radius 2 is 1.63 bits per heavy atom. The van der Waals surface area contributed by atoms with Gasteiger partial charge in [-0.05, 0) is 30.5 Å². The number of aliphatic hydroxyl groups excluding tert-OH is 1. The zero-order valence-corrected chi connectivity index (χ0v) is 11.5. The molecule has 100 valence electrons. The molecule has 0 radical (unpaired) electrons. The second-order valence-electron chi connectivity index (χ2n) is 5.05. The Kier molecular flexibility index (Phi) is 4.35. The summed E-state index contributed by atoms with van der Waals surface area (Å²) in [7, 11) is 0. The summed E-state index contributed by atoms with van der Waals surface area (Å²) in [6.07, 6.45) is -0.561. The third kappa shape index (κ3) is 3.03. The fourth-order valence-corrected chi connectivity index (χ4v) is 2.40. The van der Waals surface area contributed by atoms with Gasteiger partial charge in [0, 0.05) is 12.5 Å². The maximum absolute atomic E-state index is 10.6. The molecule has 2 heteroatoms. The van der Waals surface area contributed by atoms with Crippen LogP contribution >= 0.6 is 0 Å². The first kappa shape index (κ1) is 13.8. The lowest BCUT2D eigenvalue weighted by Gasteiger charge is -2.23. The van der Waals surface area contributed by atoms with Crippen molar-refractivity contribution < 1.29 is 5.11 Å². The predicted molar refractivity (Wildman–Crippen MR) is 79.1 cm³/mol. The molecule has 0 spiro atoms. The molecular weight excluding hydrogens is 234 g/mol. The third-order valence-corrected chi connectivity index (χ3v) is 3.65. The van der Waals surface area contributed by atoms with Crippen molar-refractivity contribution in [3.05, 3.63) is 70.8 Å². The van der Waals surface area contributed by atoms with E-state index in [4.69, 9.17) is 5.73 Å². The van der Waals surface area contributed by atoms with E-state index in [-0.39, 0.29) is 5.92 Å². The van der Waals surface area contributed by atoms with E-state index in [0.717, 1.165) is 16.7 Å². The van der Waals surface area contributed by atoms with E-state index in [1.54, 1.807) is 0 Å². The second kappa shape index (κ2) is 6.00. The van der Waals surface area contributed by atoms with Gasteiger partial charge in [0.05, 0.1) is 6.10 Å². The van der Waals surface area contributed by atoms with Crippen LogP contribution in [0.4, 0.5) is 0 Å². The summed E-state index contributed by atoms with van der Waals surface area (Å²) in [6.45, 7) is 4.50. The highest BCUT2D eigenvalue weighted by Crippen LogP contribution is 2.31. The maximum Gasteiger partial charge on any atom is 0.0873 e. The highest BCUT2D eigenvalue weighted by Gasteiger charge is 2.22. The van der Waals surface area contributed by atoms with Crippen molar-refractivity contribution in [1.29, 1.82) is 0 Å². The van der Waals surface area contributed by atoms with E-state index in [9.17, 15) is 5.11 Å². The molecule has 0 fully saturated rings. The van der Waals surface area contributed by atoms with Crippen molar-refractivity contribution in [2.75, 3.05) is 6.54 Å². The minimum atomic E-state index is -0.561. The highest BCUT2D eigenvalue weighted by atomic mass is 16.3. The fourth-order valence-electron chi connectivity index (χ4n) is 2.40. The molecule has 19 heavy (non-hydrogen) atoms. The topological polar surface area (TPSA) is 46.2 Å². The Balaban J connectivity index is 2.32. The minimum Gasteiger partial charge on any atom is -0.388 e. The van der Waals surface area contributed by atoms with Gasteiger partial charge in [-0.25, -0.2) is 0 Å². The van der Waals surface area contributed by atoms with Crippen LogP contribution in [0.15, 0.2) is 48.5 Å². The van der Waals surface area contributed by atoms with Crippen LogP contribution in [0.5, 0.6) is 0 Å². The van der Waals surface area contributed by atoms with Crippen molar-refractivity contribution in [3.63, 3.8) is 0 Å². The van der Waals surface area contributed by atoms with Crippen LogP contribution in [-0.2, 0) is 0 Å². The van der Waals surface area contributed by atoms with Crippen molar-refractivity contribution >= 4 is 0 Å². The molecule has 0 amide bonds. The summed E-state index contributed by atoms with van der Waals surface area (Å²) < 4.78 is 0. The van der Waals surface area contributed by atoms with Gasteiger partial charge in [0.2, 0.25) is 0 Å². The molecule has 0 bridgehead atoms. The van der Waals surface area contributed by atoms with E-state index in [1.807, 2.05) is 43.3 Å². The maximum atomic E-state index is 10.6. The number of rotatable bonds is 4.